The van der Waals surface area contributed by atoms with Crippen LogP contribution in [0.5, 0.6) is 5.75 Å². The fourth-order valence-electron chi connectivity index (χ4n) is 3.16. The third-order valence-corrected chi connectivity index (χ3v) is 7.36. The monoisotopic (exact) mass is 401 g/mol. The summed E-state index contributed by atoms with van der Waals surface area (Å²) in [6.45, 7) is 10.3. The zero-order valence-corrected chi connectivity index (χ0v) is 18.1. The largest absolute Gasteiger partial charge is 0.497 e. The normalized spacial score (nSPS) is 12.9. The molecule has 0 aromatic heterocycles. The molecule has 0 saturated carbocycles. The van der Waals surface area contributed by atoms with E-state index in [1.807, 2.05) is 69.3 Å². The van der Waals surface area contributed by atoms with Crippen LogP contribution in [0.3, 0.4) is 0 Å². The fraction of sp³-hybridized carbons (Fsp3) is 0.391. The SMILES string of the molecule is C=CC[C@@H](C(C)C)S(=O)(=O)N(Cc1ccc(C)cc1)Cc1ccc(OC)cc1. The van der Waals surface area contributed by atoms with E-state index in [-0.39, 0.29) is 5.92 Å². The second-order valence-corrected chi connectivity index (χ2v) is 9.61. The minimum atomic E-state index is -3.52. The number of allylic oxidation sites excluding steroid dienone is 1. The first kappa shape index (κ1) is 22.2. The van der Waals surface area contributed by atoms with Crippen LogP contribution in [-0.4, -0.2) is 25.1 Å². The zero-order valence-electron chi connectivity index (χ0n) is 17.3. The van der Waals surface area contributed by atoms with Gasteiger partial charge in [-0.1, -0.05) is 61.9 Å². The molecule has 0 fully saturated rings. The van der Waals surface area contributed by atoms with Crippen LogP contribution in [0, 0.1) is 12.8 Å². The van der Waals surface area contributed by atoms with E-state index in [9.17, 15) is 8.42 Å². The van der Waals surface area contributed by atoms with Gasteiger partial charge >= 0.3 is 0 Å². The molecule has 1 atom stereocenters. The summed E-state index contributed by atoms with van der Waals surface area (Å²) < 4.78 is 33.8. The molecule has 0 N–H and O–H groups in total. The van der Waals surface area contributed by atoms with Crippen LogP contribution in [0.2, 0.25) is 0 Å². The molecule has 0 bridgehead atoms. The highest BCUT2D eigenvalue weighted by Gasteiger charge is 2.33. The van der Waals surface area contributed by atoms with Gasteiger partial charge in [0.25, 0.3) is 0 Å². The van der Waals surface area contributed by atoms with Crippen molar-refractivity contribution in [3.8, 4) is 5.75 Å². The molecule has 2 rings (SSSR count). The lowest BCUT2D eigenvalue weighted by atomic mass is 10.1. The second kappa shape index (κ2) is 9.89. The van der Waals surface area contributed by atoms with Crippen LogP contribution in [0.25, 0.3) is 0 Å². The van der Waals surface area contributed by atoms with Gasteiger partial charge in [-0.2, -0.15) is 4.31 Å². The van der Waals surface area contributed by atoms with Gasteiger partial charge in [-0.15, -0.1) is 6.58 Å². The average molecular weight is 402 g/mol. The third kappa shape index (κ3) is 5.69. The molecule has 0 aliphatic carbocycles. The molecule has 2 aromatic rings. The Morgan fingerprint density at radius 1 is 1.00 bits per heavy atom. The van der Waals surface area contributed by atoms with E-state index in [0.717, 1.165) is 22.4 Å². The number of ether oxygens (including phenoxy) is 1. The zero-order chi connectivity index (χ0) is 20.7. The minimum absolute atomic E-state index is 0.000569. The predicted octanol–water partition coefficient (Wildman–Crippen LogP) is 4.94. The van der Waals surface area contributed by atoms with Crippen LogP contribution in [0.4, 0.5) is 0 Å². The van der Waals surface area contributed by atoms with E-state index in [1.54, 1.807) is 17.5 Å². The van der Waals surface area contributed by atoms with Gasteiger partial charge in [-0.25, -0.2) is 8.42 Å². The maximum Gasteiger partial charge on any atom is 0.218 e. The van der Waals surface area contributed by atoms with Gasteiger partial charge in [0.1, 0.15) is 5.75 Å². The Morgan fingerprint density at radius 2 is 1.50 bits per heavy atom. The van der Waals surface area contributed by atoms with Crippen LogP contribution < -0.4 is 4.74 Å². The maximum atomic E-state index is 13.5. The summed E-state index contributed by atoms with van der Waals surface area (Å²) in [4.78, 5) is 0. The van der Waals surface area contributed by atoms with Crippen molar-refractivity contribution >= 4 is 10.0 Å². The first-order valence-corrected chi connectivity index (χ1v) is 11.1. The molecule has 0 unspecified atom stereocenters. The summed E-state index contributed by atoms with van der Waals surface area (Å²) in [5.41, 5.74) is 3.06. The summed E-state index contributed by atoms with van der Waals surface area (Å²) in [6.07, 6.45) is 2.13. The van der Waals surface area contributed by atoms with Crippen LogP contribution in [0.15, 0.2) is 61.2 Å². The molecule has 152 valence electrons. The number of hydrogen-bond acceptors (Lipinski definition) is 3. The molecule has 0 amide bonds. The molecule has 28 heavy (non-hydrogen) atoms. The van der Waals surface area contributed by atoms with Gasteiger partial charge in [-0.05, 0) is 42.5 Å². The highest BCUT2D eigenvalue weighted by Crippen LogP contribution is 2.25. The second-order valence-electron chi connectivity index (χ2n) is 7.45. The number of sulfonamides is 1. The van der Waals surface area contributed by atoms with Crippen LogP contribution >= 0.6 is 0 Å². The number of benzene rings is 2. The van der Waals surface area contributed by atoms with Crippen LogP contribution in [0.1, 0.15) is 37.0 Å². The Bertz CT molecular complexity index is 856. The molecular weight excluding hydrogens is 370 g/mol. The maximum absolute atomic E-state index is 13.5. The van der Waals surface area contributed by atoms with E-state index in [2.05, 4.69) is 6.58 Å². The Balaban J connectivity index is 2.37. The Labute approximate surface area is 169 Å². The van der Waals surface area contributed by atoms with Crippen molar-refractivity contribution in [1.29, 1.82) is 0 Å². The average Bonchev–Trinajstić information content (AvgIpc) is 2.67. The summed E-state index contributed by atoms with van der Waals surface area (Å²) in [7, 11) is -1.90. The molecule has 0 aliphatic heterocycles. The lowest BCUT2D eigenvalue weighted by Crippen LogP contribution is -2.40. The van der Waals surface area contributed by atoms with Gasteiger partial charge in [0.15, 0.2) is 0 Å². The van der Waals surface area contributed by atoms with Gasteiger partial charge in [0, 0.05) is 13.1 Å². The molecule has 0 radical (unpaired) electrons. The molecule has 5 heteroatoms. The summed E-state index contributed by atoms with van der Waals surface area (Å²) in [5, 5.41) is -0.492. The van der Waals surface area contributed by atoms with Gasteiger partial charge in [-0.3, -0.25) is 0 Å². The standard InChI is InChI=1S/C23H31NO3S/c1-6-7-23(18(2)3)28(25,26)24(16-20-10-8-19(4)9-11-20)17-21-12-14-22(27-5)15-13-21/h6,8-15,18,23H,1,7,16-17H2,2-5H3/t23-/m0/s1. The first-order valence-electron chi connectivity index (χ1n) is 9.56. The molecule has 0 spiro atoms. The fourth-order valence-corrected chi connectivity index (χ4v) is 5.27. The summed E-state index contributed by atoms with van der Waals surface area (Å²) in [5.74, 6) is 0.753. The lowest BCUT2D eigenvalue weighted by Gasteiger charge is -2.29. The van der Waals surface area contributed by atoms with Crippen molar-refractivity contribution in [2.75, 3.05) is 7.11 Å². The Kier molecular flexibility index (Phi) is 7.84. The van der Waals surface area contributed by atoms with E-state index in [1.165, 1.54) is 0 Å². The number of rotatable bonds is 10. The number of aryl methyl sites for hydroxylation is 1. The quantitative estimate of drug-likeness (QED) is 0.530. The van der Waals surface area contributed by atoms with Crippen LogP contribution in [-0.2, 0) is 23.1 Å². The molecule has 2 aromatic carbocycles. The minimum Gasteiger partial charge on any atom is -0.497 e. The third-order valence-electron chi connectivity index (χ3n) is 4.88. The lowest BCUT2D eigenvalue weighted by molar-refractivity contribution is 0.382. The van der Waals surface area contributed by atoms with E-state index in [0.29, 0.717) is 19.5 Å². The van der Waals surface area contributed by atoms with E-state index >= 15 is 0 Å². The highest BCUT2D eigenvalue weighted by atomic mass is 32.2. The molecule has 0 saturated heterocycles. The van der Waals surface area contributed by atoms with E-state index in [4.69, 9.17) is 4.74 Å². The first-order chi connectivity index (χ1) is 13.3. The van der Waals surface area contributed by atoms with Gasteiger partial charge in [0.05, 0.1) is 12.4 Å². The van der Waals surface area contributed by atoms with Gasteiger partial charge in [0.2, 0.25) is 10.0 Å². The Hall–Kier alpha value is -2.11. The number of hydrogen-bond donors (Lipinski definition) is 0. The Morgan fingerprint density at radius 3 is 1.93 bits per heavy atom. The number of methoxy groups -OCH3 is 1. The summed E-state index contributed by atoms with van der Waals surface area (Å²) in [6, 6.07) is 15.5. The van der Waals surface area contributed by atoms with Crippen molar-refractivity contribution in [2.24, 2.45) is 5.92 Å². The highest BCUT2D eigenvalue weighted by molar-refractivity contribution is 7.89. The van der Waals surface area contributed by atoms with Crippen molar-refractivity contribution in [3.63, 3.8) is 0 Å². The van der Waals surface area contributed by atoms with Crippen molar-refractivity contribution < 1.29 is 13.2 Å². The smallest absolute Gasteiger partial charge is 0.218 e. The molecule has 0 aliphatic rings. The molecule has 4 nitrogen and oxygen atoms in total. The van der Waals surface area contributed by atoms with Crippen molar-refractivity contribution in [2.45, 2.75) is 45.5 Å². The molecule has 0 heterocycles. The number of nitrogens with zero attached hydrogens (tertiary/aromatic N) is 1. The molecular formula is C23H31NO3S. The topological polar surface area (TPSA) is 46.6 Å². The van der Waals surface area contributed by atoms with Crippen molar-refractivity contribution in [3.05, 3.63) is 77.9 Å². The predicted molar refractivity (Wildman–Crippen MR) is 116 cm³/mol. The summed E-state index contributed by atoms with van der Waals surface area (Å²) >= 11 is 0. The van der Waals surface area contributed by atoms with Gasteiger partial charge < -0.3 is 4.74 Å². The van der Waals surface area contributed by atoms with E-state index < -0.39 is 15.3 Å². The van der Waals surface area contributed by atoms with Crippen molar-refractivity contribution in [1.82, 2.24) is 4.31 Å².